The van der Waals surface area contributed by atoms with Crippen molar-refractivity contribution in [3.8, 4) is 0 Å². The maximum Gasteiger partial charge on any atom is 0.240 e. The highest BCUT2D eigenvalue weighted by molar-refractivity contribution is 9.10. The molecule has 0 aliphatic rings. The zero-order valence-electron chi connectivity index (χ0n) is 11.3. The second-order valence-electron chi connectivity index (χ2n) is 4.24. The molecule has 0 aliphatic carbocycles. The molecular formula is C13H18BrClN4O. The third-order valence-corrected chi connectivity index (χ3v) is 3.29. The van der Waals surface area contributed by atoms with Gasteiger partial charge in [-0.25, -0.2) is 0 Å². The van der Waals surface area contributed by atoms with Crippen LogP contribution in [0.2, 0.25) is 0 Å². The summed E-state index contributed by atoms with van der Waals surface area (Å²) in [6.07, 6.45) is 0. The van der Waals surface area contributed by atoms with Crippen LogP contribution in [0.15, 0.2) is 33.3 Å². The molecule has 0 saturated heterocycles. The van der Waals surface area contributed by atoms with E-state index in [1.165, 1.54) is 5.56 Å². The topological polar surface area (TPSA) is 68.2 Å². The molecule has 2 aromatic rings. The summed E-state index contributed by atoms with van der Waals surface area (Å²) in [6.45, 7) is 4.82. The zero-order chi connectivity index (χ0) is 13.7. The van der Waals surface area contributed by atoms with Crippen LogP contribution >= 0.6 is 28.3 Å². The van der Waals surface area contributed by atoms with Gasteiger partial charge in [-0.3, -0.25) is 4.90 Å². The van der Waals surface area contributed by atoms with Gasteiger partial charge in [0.2, 0.25) is 5.89 Å². The maximum atomic E-state index is 5.45. The quantitative estimate of drug-likeness (QED) is 0.857. The van der Waals surface area contributed by atoms with E-state index in [0.717, 1.165) is 17.6 Å². The number of nitrogens with two attached hydrogens (primary N) is 1. The summed E-state index contributed by atoms with van der Waals surface area (Å²) in [4.78, 5) is 6.46. The number of hydrogen-bond donors (Lipinski definition) is 1. The van der Waals surface area contributed by atoms with Crippen molar-refractivity contribution in [3.05, 3.63) is 46.0 Å². The van der Waals surface area contributed by atoms with E-state index in [2.05, 4.69) is 50.0 Å². The van der Waals surface area contributed by atoms with E-state index in [9.17, 15) is 0 Å². The van der Waals surface area contributed by atoms with Gasteiger partial charge < -0.3 is 10.3 Å². The average Bonchev–Trinajstić information content (AvgIpc) is 2.85. The van der Waals surface area contributed by atoms with Crippen molar-refractivity contribution in [1.29, 1.82) is 0 Å². The molecule has 2 rings (SSSR count). The van der Waals surface area contributed by atoms with Crippen LogP contribution in [0.25, 0.3) is 0 Å². The number of aromatic nitrogens is 2. The van der Waals surface area contributed by atoms with Crippen LogP contribution in [0.4, 0.5) is 0 Å². The summed E-state index contributed by atoms with van der Waals surface area (Å²) >= 11 is 3.48. The molecule has 20 heavy (non-hydrogen) atoms. The number of halogens is 2. The van der Waals surface area contributed by atoms with E-state index < -0.39 is 0 Å². The van der Waals surface area contributed by atoms with Crippen molar-refractivity contribution < 1.29 is 4.52 Å². The van der Waals surface area contributed by atoms with Crippen LogP contribution in [0.1, 0.15) is 24.2 Å². The fourth-order valence-electron chi connectivity index (χ4n) is 1.81. The van der Waals surface area contributed by atoms with Crippen molar-refractivity contribution >= 4 is 28.3 Å². The van der Waals surface area contributed by atoms with Crippen molar-refractivity contribution in [2.45, 2.75) is 26.6 Å². The molecule has 7 heteroatoms. The first kappa shape index (κ1) is 17.1. The Morgan fingerprint density at radius 2 is 2.15 bits per heavy atom. The normalized spacial score (nSPS) is 10.6. The average molecular weight is 362 g/mol. The Morgan fingerprint density at radius 1 is 1.35 bits per heavy atom. The lowest BCUT2D eigenvalue weighted by atomic mass is 10.2. The lowest BCUT2D eigenvalue weighted by Crippen LogP contribution is -2.23. The molecular weight excluding hydrogens is 344 g/mol. The first-order valence-electron chi connectivity index (χ1n) is 6.19. The lowest BCUT2D eigenvalue weighted by Gasteiger charge is -2.18. The first-order chi connectivity index (χ1) is 9.21. The number of benzene rings is 1. The Bertz CT molecular complexity index is 535. The standard InChI is InChI=1S/C13H17BrN4O.ClH/c1-2-18(8-10-4-3-5-11(14)6-10)9-12-16-13(7-15)19-17-12;/h3-6H,2,7-9,15H2,1H3;1H. The van der Waals surface area contributed by atoms with Crippen LogP contribution < -0.4 is 5.73 Å². The van der Waals surface area contributed by atoms with Crippen LogP contribution in [-0.2, 0) is 19.6 Å². The third-order valence-electron chi connectivity index (χ3n) is 2.79. The van der Waals surface area contributed by atoms with Crippen LogP contribution in [0.5, 0.6) is 0 Å². The molecule has 0 amide bonds. The van der Waals surface area contributed by atoms with E-state index in [1.807, 2.05) is 12.1 Å². The molecule has 0 aliphatic heterocycles. The Balaban J connectivity index is 0.00000200. The summed E-state index contributed by atoms with van der Waals surface area (Å²) in [5.41, 5.74) is 6.70. The van der Waals surface area contributed by atoms with Crippen LogP contribution in [0, 0.1) is 0 Å². The SMILES string of the molecule is CCN(Cc1cccc(Br)c1)Cc1noc(CN)n1.Cl. The van der Waals surface area contributed by atoms with Gasteiger partial charge in [0.05, 0.1) is 13.1 Å². The number of nitrogens with zero attached hydrogens (tertiary/aromatic N) is 3. The summed E-state index contributed by atoms with van der Waals surface area (Å²) in [6, 6.07) is 8.28. The van der Waals surface area contributed by atoms with Crippen molar-refractivity contribution in [2.24, 2.45) is 5.73 Å². The van der Waals surface area contributed by atoms with Gasteiger partial charge in [0.1, 0.15) is 0 Å². The molecule has 0 saturated carbocycles. The van der Waals surface area contributed by atoms with E-state index in [0.29, 0.717) is 18.3 Å². The lowest BCUT2D eigenvalue weighted by molar-refractivity contribution is 0.258. The Labute approximate surface area is 133 Å². The van der Waals surface area contributed by atoms with Gasteiger partial charge in [0.25, 0.3) is 0 Å². The third kappa shape index (κ3) is 4.86. The zero-order valence-corrected chi connectivity index (χ0v) is 13.7. The second-order valence-corrected chi connectivity index (χ2v) is 5.16. The van der Waals surface area contributed by atoms with Gasteiger partial charge >= 0.3 is 0 Å². The molecule has 0 unspecified atom stereocenters. The first-order valence-corrected chi connectivity index (χ1v) is 6.99. The monoisotopic (exact) mass is 360 g/mol. The fraction of sp³-hybridized carbons (Fsp3) is 0.385. The van der Waals surface area contributed by atoms with E-state index in [1.54, 1.807) is 0 Å². The largest absolute Gasteiger partial charge is 0.338 e. The highest BCUT2D eigenvalue weighted by Crippen LogP contribution is 2.14. The molecule has 0 bridgehead atoms. The van der Waals surface area contributed by atoms with Crippen molar-refractivity contribution in [3.63, 3.8) is 0 Å². The Hall–Kier alpha value is -0.950. The predicted octanol–water partition coefficient (Wildman–Crippen LogP) is 2.73. The number of rotatable bonds is 6. The minimum atomic E-state index is 0. The van der Waals surface area contributed by atoms with Gasteiger partial charge in [-0.15, -0.1) is 12.4 Å². The van der Waals surface area contributed by atoms with Crippen LogP contribution in [-0.4, -0.2) is 21.6 Å². The summed E-state index contributed by atoms with van der Waals surface area (Å²) in [7, 11) is 0. The Kier molecular flexibility index (Phi) is 7.15. The van der Waals surface area contributed by atoms with E-state index >= 15 is 0 Å². The maximum absolute atomic E-state index is 5.45. The van der Waals surface area contributed by atoms with Gasteiger partial charge in [0, 0.05) is 11.0 Å². The molecule has 1 heterocycles. The molecule has 0 spiro atoms. The Morgan fingerprint density at radius 3 is 2.75 bits per heavy atom. The molecule has 2 N–H and O–H groups in total. The predicted molar refractivity (Wildman–Crippen MR) is 83.4 cm³/mol. The van der Waals surface area contributed by atoms with Gasteiger partial charge in [-0.2, -0.15) is 4.98 Å². The minimum Gasteiger partial charge on any atom is -0.338 e. The van der Waals surface area contributed by atoms with Crippen molar-refractivity contribution in [2.75, 3.05) is 6.54 Å². The summed E-state index contributed by atoms with van der Waals surface area (Å²) in [5.74, 6) is 1.16. The van der Waals surface area contributed by atoms with Crippen LogP contribution in [0.3, 0.4) is 0 Å². The molecule has 110 valence electrons. The van der Waals surface area contributed by atoms with E-state index in [-0.39, 0.29) is 19.0 Å². The molecule has 1 aromatic heterocycles. The smallest absolute Gasteiger partial charge is 0.240 e. The molecule has 0 fully saturated rings. The highest BCUT2D eigenvalue weighted by atomic mass is 79.9. The molecule has 1 aromatic carbocycles. The second kappa shape index (κ2) is 8.36. The van der Waals surface area contributed by atoms with Crippen molar-refractivity contribution in [1.82, 2.24) is 15.0 Å². The number of hydrogen-bond acceptors (Lipinski definition) is 5. The van der Waals surface area contributed by atoms with E-state index in [4.69, 9.17) is 10.3 Å². The van der Waals surface area contributed by atoms with Gasteiger partial charge in [-0.1, -0.05) is 40.1 Å². The fourth-order valence-corrected chi connectivity index (χ4v) is 2.26. The molecule has 5 nitrogen and oxygen atoms in total. The molecule has 0 radical (unpaired) electrons. The van der Waals surface area contributed by atoms with Gasteiger partial charge in [-0.05, 0) is 24.2 Å². The van der Waals surface area contributed by atoms with Gasteiger partial charge in [0.15, 0.2) is 5.82 Å². The summed E-state index contributed by atoms with van der Waals surface area (Å²) in [5, 5.41) is 3.92. The summed E-state index contributed by atoms with van der Waals surface area (Å²) < 4.78 is 6.10. The minimum absolute atomic E-state index is 0. The molecule has 0 atom stereocenters. The highest BCUT2D eigenvalue weighted by Gasteiger charge is 2.10.